The molecule has 0 aliphatic heterocycles. The molecule has 0 aliphatic rings. The first-order valence-corrected chi connectivity index (χ1v) is 5.46. The molecule has 0 aliphatic carbocycles. The number of fused-ring (bicyclic) bond motifs is 1. The van der Waals surface area contributed by atoms with E-state index in [2.05, 4.69) is 51.1 Å². The Morgan fingerprint density at radius 3 is 2.19 bits per heavy atom. The van der Waals surface area contributed by atoms with Crippen LogP contribution in [0.2, 0.25) is 0 Å². The number of nitriles is 1. The van der Waals surface area contributed by atoms with Crippen molar-refractivity contribution in [1.29, 1.82) is 5.26 Å². The summed E-state index contributed by atoms with van der Waals surface area (Å²) in [6.07, 6.45) is 0. The Morgan fingerprint density at radius 2 is 1.62 bits per heavy atom. The summed E-state index contributed by atoms with van der Waals surface area (Å²) in [5, 5.41) is 11.4. The lowest BCUT2D eigenvalue weighted by molar-refractivity contribution is 0.596. The highest BCUT2D eigenvalue weighted by atomic mass is 14.3. The maximum absolute atomic E-state index is 9.18. The van der Waals surface area contributed by atoms with Crippen molar-refractivity contribution in [2.75, 3.05) is 0 Å². The summed E-state index contributed by atoms with van der Waals surface area (Å²) in [6.45, 7) is 6.53. The highest BCUT2D eigenvalue weighted by Gasteiger charge is 2.18. The van der Waals surface area contributed by atoms with Crippen molar-refractivity contribution < 1.29 is 0 Å². The van der Waals surface area contributed by atoms with Gasteiger partial charge in [-0.2, -0.15) is 5.26 Å². The number of hydrogen-bond acceptors (Lipinski definition) is 1. The fourth-order valence-electron chi connectivity index (χ4n) is 2.06. The molecule has 0 heterocycles. The van der Waals surface area contributed by atoms with Gasteiger partial charge >= 0.3 is 0 Å². The Hall–Kier alpha value is -1.81. The Balaban J connectivity index is 2.91. The molecule has 0 N–H and O–H groups in total. The molecule has 0 spiro atoms. The minimum atomic E-state index is 0.0620. The van der Waals surface area contributed by atoms with E-state index in [1.807, 2.05) is 12.1 Å². The van der Waals surface area contributed by atoms with Gasteiger partial charge in [-0.25, -0.2) is 0 Å². The molecule has 0 saturated carbocycles. The number of hydrogen-bond donors (Lipinski definition) is 0. The molecule has 0 fully saturated rings. The normalized spacial score (nSPS) is 11.4. The summed E-state index contributed by atoms with van der Waals surface area (Å²) in [5.41, 5.74) is 2.07. The van der Waals surface area contributed by atoms with Gasteiger partial charge in [-0.3, -0.25) is 0 Å². The topological polar surface area (TPSA) is 23.8 Å². The lowest BCUT2D eigenvalue weighted by atomic mass is 9.82. The fourth-order valence-corrected chi connectivity index (χ4v) is 2.06. The molecule has 2 aromatic rings. The second-order valence-electron chi connectivity index (χ2n) is 5.07. The van der Waals surface area contributed by atoms with Gasteiger partial charge in [0.05, 0.1) is 11.6 Å². The van der Waals surface area contributed by atoms with E-state index in [0.717, 1.165) is 16.3 Å². The Morgan fingerprint density at radius 1 is 1.00 bits per heavy atom. The average Bonchev–Trinajstić information content (AvgIpc) is 2.26. The molecular formula is C15H15N. The summed E-state index contributed by atoms with van der Waals surface area (Å²) in [4.78, 5) is 0. The molecule has 1 heteroatoms. The molecular weight excluding hydrogens is 194 g/mol. The SMILES string of the molecule is CC(C)(C)c1cccc2cccc(C#N)c12. The molecule has 0 radical (unpaired) electrons. The predicted molar refractivity (Wildman–Crippen MR) is 67.4 cm³/mol. The standard InChI is InChI=1S/C15H15N/c1-15(2,3)13-9-5-7-11-6-4-8-12(10-16)14(11)13/h4-9H,1-3H3. The molecule has 0 unspecified atom stereocenters. The Bertz CT molecular complexity index is 563. The van der Waals surface area contributed by atoms with E-state index >= 15 is 0 Å². The molecule has 16 heavy (non-hydrogen) atoms. The zero-order valence-electron chi connectivity index (χ0n) is 9.91. The minimum Gasteiger partial charge on any atom is -0.192 e. The molecule has 0 amide bonds. The van der Waals surface area contributed by atoms with Crippen LogP contribution in [0.5, 0.6) is 0 Å². The largest absolute Gasteiger partial charge is 0.192 e. The van der Waals surface area contributed by atoms with Crippen LogP contribution in [0.15, 0.2) is 36.4 Å². The Labute approximate surface area is 96.3 Å². The van der Waals surface area contributed by atoms with Crippen molar-refractivity contribution in [3.8, 4) is 6.07 Å². The summed E-state index contributed by atoms with van der Waals surface area (Å²) in [6, 6.07) is 14.4. The van der Waals surface area contributed by atoms with Crippen LogP contribution in [-0.4, -0.2) is 0 Å². The highest BCUT2D eigenvalue weighted by molar-refractivity contribution is 5.91. The molecule has 0 atom stereocenters. The first kappa shape index (κ1) is 10.7. The molecule has 1 nitrogen and oxygen atoms in total. The minimum absolute atomic E-state index is 0.0620. The second-order valence-corrected chi connectivity index (χ2v) is 5.07. The van der Waals surface area contributed by atoms with E-state index < -0.39 is 0 Å². The van der Waals surface area contributed by atoms with Gasteiger partial charge in [0.15, 0.2) is 0 Å². The summed E-state index contributed by atoms with van der Waals surface area (Å²) in [5.74, 6) is 0. The van der Waals surface area contributed by atoms with E-state index in [1.165, 1.54) is 5.56 Å². The number of benzene rings is 2. The lowest BCUT2D eigenvalue weighted by Gasteiger charge is -2.21. The molecule has 2 rings (SSSR count). The first-order chi connectivity index (χ1) is 7.54. The quantitative estimate of drug-likeness (QED) is 0.643. The maximum Gasteiger partial charge on any atom is 0.0998 e. The van der Waals surface area contributed by atoms with Crippen LogP contribution in [0.4, 0.5) is 0 Å². The van der Waals surface area contributed by atoms with E-state index in [9.17, 15) is 5.26 Å². The first-order valence-electron chi connectivity index (χ1n) is 5.46. The number of rotatable bonds is 0. The van der Waals surface area contributed by atoms with Crippen molar-refractivity contribution in [3.05, 3.63) is 47.5 Å². The highest BCUT2D eigenvalue weighted by Crippen LogP contribution is 2.31. The van der Waals surface area contributed by atoms with Gasteiger partial charge < -0.3 is 0 Å². The van der Waals surface area contributed by atoms with Crippen LogP contribution < -0.4 is 0 Å². The van der Waals surface area contributed by atoms with Crippen molar-refractivity contribution in [1.82, 2.24) is 0 Å². The lowest BCUT2D eigenvalue weighted by Crippen LogP contribution is -2.12. The number of nitrogens with zero attached hydrogens (tertiary/aromatic N) is 1. The maximum atomic E-state index is 9.18. The van der Waals surface area contributed by atoms with E-state index in [-0.39, 0.29) is 5.41 Å². The predicted octanol–water partition coefficient (Wildman–Crippen LogP) is 4.01. The third kappa shape index (κ3) is 1.67. The summed E-state index contributed by atoms with van der Waals surface area (Å²) in [7, 11) is 0. The Kier molecular flexibility index (Phi) is 2.44. The van der Waals surface area contributed by atoms with Crippen molar-refractivity contribution in [2.45, 2.75) is 26.2 Å². The fraction of sp³-hybridized carbons (Fsp3) is 0.267. The third-order valence-corrected chi connectivity index (χ3v) is 2.83. The van der Waals surface area contributed by atoms with Crippen LogP contribution in [0.3, 0.4) is 0 Å². The average molecular weight is 209 g/mol. The monoisotopic (exact) mass is 209 g/mol. The zero-order valence-corrected chi connectivity index (χ0v) is 9.91. The van der Waals surface area contributed by atoms with E-state index in [1.54, 1.807) is 0 Å². The van der Waals surface area contributed by atoms with Gasteiger partial charge in [0, 0.05) is 5.39 Å². The molecule has 0 aromatic heterocycles. The van der Waals surface area contributed by atoms with Gasteiger partial charge in [-0.1, -0.05) is 51.1 Å². The van der Waals surface area contributed by atoms with E-state index in [0.29, 0.717) is 0 Å². The zero-order chi connectivity index (χ0) is 11.8. The van der Waals surface area contributed by atoms with Gasteiger partial charge in [0.2, 0.25) is 0 Å². The second kappa shape index (κ2) is 3.64. The summed E-state index contributed by atoms with van der Waals surface area (Å²) >= 11 is 0. The molecule has 80 valence electrons. The third-order valence-electron chi connectivity index (χ3n) is 2.83. The van der Waals surface area contributed by atoms with Gasteiger partial charge in [-0.05, 0) is 22.4 Å². The van der Waals surface area contributed by atoms with Gasteiger partial charge in [0.25, 0.3) is 0 Å². The van der Waals surface area contributed by atoms with Gasteiger partial charge in [0.1, 0.15) is 0 Å². The van der Waals surface area contributed by atoms with Gasteiger partial charge in [-0.15, -0.1) is 0 Å². The van der Waals surface area contributed by atoms with Crippen molar-refractivity contribution >= 4 is 10.8 Å². The molecule has 0 saturated heterocycles. The smallest absolute Gasteiger partial charge is 0.0998 e. The molecule has 2 aromatic carbocycles. The van der Waals surface area contributed by atoms with Crippen LogP contribution in [0.1, 0.15) is 31.9 Å². The molecule has 0 bridgehead atoms. The van der Waals surface area contributed by atoms with Crippen LogP contribution in [-0.2, 0) is 5.41 Å². The van der Waals surface area contributed by atoms with Crippen LogP contribution in [0, 0.1) is 11.3 Å². The summed E-state index contributed by atoms with van der Waals surface area (Å²) < 4.78 is 0. The van der Waals surface area contributed by atoms with Crippen LogP contribution >= 0.6 is 0 Å². The van der Waals surface area contributed by atoms with Crippen molar-refractivity contribution in [2.24, 2.45) is 0 Å². The van der Waals surface area contributed by atoms with Crippen molar-refractivity contribution in [3.63, 3.8) is 0 Å². The van der Waals surface area contributed by atoms with E-state index in [4.69, 9.17) is 0 Å². The van der Waals surface area contributed by atoms with Crippen LogP contribution in [0.25, 0.3) is 10.8 Å².